The molecule has 22 heavy (non-hydrogen) atoms. The summed E-state index contributed by atoms with van der Waals surface area (Å²) in [7, 11) is 0. The quantitative estimate of drug-likeness (QED) is 0.688. The zero-order valence-electron chi connectivity index (χ0n) is 12.2. The lowest BCUT2D eigenvalue weighted by molar-refractivity contribution is -0.154. The third-order valence-corrected chi connectivity index (χ3v) is 3.15. The summed E-state index contributed by atoms with van der Waals surface area (Å²) in [5.74, 6) is -2.46. The van der Waals surface area contributed by atoms with Crippen LogP contribution >= 0.6 is 0 Å². The predicted molar refractivity (Wildman–Crippen MR) is 74.3 cm³/mol. The number of amides is 4. The highest BCUT2D eigenvalue weighted by Gasteiger charge is 2.38. The fourth-order valence-corrected chi connectivity index (χ4v) is 2.06. The van der Waals surface area contributed by atoms with E-state index in [0.29, 0.717) is 12.8 Å². The molecule has 2 heterocycles. The lowest BCUT2D eigenvalue weighted by Crippen LogP contribution is -2.44. The van der Waals surface area contributed by atoms with E-state index in [9.17, 15) is 24.0 Å². The van der Waals surface area contributed by atoms with E-state index >= 15 is 0 Å². The van der Waals surface area contributed by atoms with Gasteiger partial charge >= 0.3 is 5.97 Å². The highest BCUT2D eigenvalue weighted by Crippen LogP contribution is 2.19. The molecule has 0 bridgehead atoms. The maximum absolute atomic E-state index is 11.3. The van der Waals surface area contributed by atoms with Gasteiger partial charge < -0.3 is 5.11 Å². The van der Waals surface area contributed by atoms with E-state index in [1.807, 2.05) is 12.2 Å². The molecule has 1 fully saturated rings. The fraction of sp³-hybridized carbons (Fsp3) is 0.500. The summed E-state index contributed by atoms with van der Waals surface area (Å²) in [4.78, 5) is 54.6. The molecule has 0 aromatic carbocycles. The normalized spacial score (nSPS) is 18.1. The number of hydrogen-bond acceptors (Lipinski definition) is 5. The molecule has 2 aliphatic rings. The van der Waals surface area contributed by atoms with Crippen molar-refractivity contribution in [2.24, 2.45) is 0 Å². The number of aliphatic carboxylic acids is 1. The minimum absolute atomic E-state index is 0.148. The van der Waals surface area contributed by atoms with Crippen molar-refractivity contribution >= 4 is 29.6 Å². The van der Waals surface area contributed by atoms with Crippen molar-refractivity contribution in [1.82, 2.24) is 10.2 Å². The molecule has 0 aromatic heterocycles. The molecule has 120 valence electrons. The Balaban J connectivity index is 0.000000287. The number of carbonyl (C=O) groups excluding carboxylic acids is 4. The number of unbranched alkanes of at least 4 members (excludes halogenated alkanes) is 1. The summed E-state index contributed by atoms with van der Waals surface area (Å²) in [5.41, 5.74) is 0. The number of likely N-dealkylation sites (tertiary alicyclic amines) is 1. The van der Waals surface area contributed by atoms with Gasteiger partial charge in [0.2, 0.25) is 11.8 Å². The standard InChI is InChI=1S/C10H15NO4.C4H3NO2/c1-2-3-4-7(10(14)15)11-8(12)5-6-9(11)13;6-3-1-2-4(7)5-3/h7H,2-6H2,1H3,(H,14,15);1-2H,(H,5,6,7). The molecule has 0 radical (unpaired) electrons. The minimum Gasteiger partial charge on any atom is -0.480 e. The molecule has 1 saturated heterocycles. The van der Waals surface area contributed by atoms with Gasteiger partial charge in [-0.25, -0.2) is 4.79 Å². The van der Waals surface area contributed by atoms with Crippen molar-refractivity contribution in [3.8, 4) is 0 Å². The van der Waals surface area contributed by atoms with Crippen LogP contribution in [0.4, 0.5) is 0 Å². The fourth-order valence-electron chi connectivity index (χ4n) is 2.06. The molecule has 4 amide bonds. The molecular weight excluding hydrogens is 292 g/mol. The van der Waals surface area contributed by atoms with Crippen LogP contribution in [0.3, 0.4) is 0 Å². The van der Waals surface area contributed by atoms with E-state index in [-0.39, 0.29) is 36.5 Å². The minimum atomic E-state index is -1.09. The number of carbonyl (C=O) groups is 5. The first kappa shape index (κ1) is 17.5. The van der Waals surface area contributed by atoms with Gasteiger partial charge in [-0.15, -0.1) is 0 Å². The van der Waals surface area contributed by atoms with Crippen LogP contribution in [0.1, 0.15) is 39.0 Å². The second kappa shape index (κ2) is 8.06. The first-order chi connectivity index (χ1) is 10.4. The van der Waals surface area contributed by atoms with Crippen molar-refractivity contribution in [3.05, 3.63) is 12.2 Å². The van der Waals surface area contributed by atoms with Crippen LogP contribution in [0.15, 0.2) is 12.2 Å². The molecule has 2 rings (SSSR count). The highest BCUT2D eigenvalue weighted by molar-refractivity contribution is 6.12. The molecule has 2 N–H and O–H groups in total. The summed E-state index contributed by atoms with van der Waals surface area (Å²) in [6.07, 6.45) is 4.59. The summed E-state index contributed by atoms with van der Waals surface area (Å²) in [5, 5.41) is 11.0. The molecule has 8 heteroatoms. The number of nitrogens with zero attached hydrogens (tertiary/aromatic N) is 1. The summed E-state index contributed by atoms with van der Waals surface area (Å²) < 4.78 is 0. The van der Waals surface area contributed by atoms with Crippen LogP contribution < -0.4 is 5.32 Å². The Bertz CT molecular complexity index is 493. The molecule has 0 saturated carbocycles. The Morgan fingerprint density at radius 1 is 1.18 bits per heavy atom. The molecule has 1 unspecified atom stereocenters. The van der Waals surface area contributed by atoms with Crippen molar-refractivity contribution in [3.63, 3.8) is 0 Å². The number of carboxylic acid groups (broad SMARTS) is 1. The number of imide groups is 2. The second-order valence-electron chi connectivity index (χ2n) is 4.84. The molecule has 0 aliphatic carbocycles. The maximum atomic E-state index is 11.3. The zero-order chi connectivity index (χ0) is 16.7. The van der Waals surface area contributed by atoms with Gasteiger partial charge in [0.25, 0.3) is 11.8 Å². The average Bonchev–Trinajstić information content (AvgIpc) is 2.98. The lowest BCUT2D eigenvalue weighted by Gasteiger charge is -2.22. The van der Waals surface area contributed by atoms with Crippen LogP contribution in [0, 0.1) is 0 Å². The smallest absolute Gasteiger partial charge is 0.326 e. The molecule has 0 aromatic rings. The van der Waals surface area contributed by atoms with E-state index < -0.39 is 12.0 Å². The second-order valence-corrected chi connectivity index (χ2v) is 4.84. The van der Waals surface area contributed by atoms with Gasteiger partial charge in [-0.1, -0.05) is 19.8 Å². The Hall–Kier alpha value is -2.51. The van der Waals surface area contributed by atoms with Crippen LogP contribution in [0.25, 0.3) is 0 Å². The summed E-state index contributed by atoms with van der Waals surface area (Å²) >= 11 is 0. The summed E-state index contributed by atoms with van der Waals surface area (Å²) in [6.45, 7) is 1.94. The van der Waals surface area contributed by atoms with Crippen LogP contribution in [-0.4, -0.2) is 45.6 Å². The SMILES string of the molecule is CCCCC(C(=O)O)N1C(=O)CCC1=O.O=C1C=CC(=O)N1. The van der Waals surface area contributed by atoms with Gasteiger partial charge in [-0.2, -0.15) is 0 Å². The number of rotatable bonds is 5. The third kappa shape index (κ3) is 4.80. The van der Waals surface area contributed by atoms with Crippen LogP contribution in [-0.2, 0) is 24.0 Å². The van der Waals surface area contributed by atoms with Gasteiger partial charge in [0, 0.05) is 25.0 Å². The van der Waals surface area contributed by atoms with E-state index in [2.05, 4.69) is 0 Å². The Labute approximate surface area is 127 Å². The Morgan fingerprint density at radius 3 is 2.00 bits per heavy atom. The van der Waals surface area contributed by atoms with Gasteiger partial charge in [-0.05, 0) is 6.42 Å². The first-order valence-corrected chi connectivity index (χ1v) is 6.97. The Kier molecular flexibility index (Phi) is 6.43. The number of carboxylic acids is 1. The Morgan fingerprint density at radius 2 is 1.68 bits per heavy atom. The van der Waals surface area contributed by atoms with Crippen molar-refractivity contribution in [1.29, 1.82) is 0 Å². The van der Waals surface area contributed by atoms with Gasteiger partial charge in [0.15, 0.2) is 0 Å². The van der Waals surface area contributed by atoms with E-state index in [4.69, 9.17) is 5.11 Å². The zero-order valence-corrected chi connectivity index (χ0v) is 12.2. The average molecular weight is 310 g/mol. The molecular formula is C14H18N2O6. The monoisotopic (exact) mass is 310 g/mol. The van der Waals surface area contributed by atoms with Gasteiger partial charge in [-0.3, -0.25) is 29.4 Å². The van der Waals surface area contributed by atoms with E-state index in [0.717, 1.165) is 11.3 Å². The van der Waals surface area contributed by atoms with Crippen LogP contribution in [0.5, 0.6) is 0 Å². The summed E-state index contributed by atoms with van der Waals surface area (Å²) in [6, 6.07) is -0.965. The van der Waals surface area contributed by atoms with E-state index in [1.54, 1.807) is 0 Å². The predicted octanol–water partition coefficient (Wildman–Crippen LogP) is -0.0222. The molecule has 1 atom stereocenters. The van der Waals surface area contributed by atoms with Crippen LogP contribution in [0.2, 0.25) is 0 Å². The first-order valence-electron chi connectivity index (χ1n) is 6.97. The largest absolute Gasteiger partial charge is 0.480 e. The number of hydrogen-bond donors (Lipinski definition) is 2. The van der Waals surface area contributed by atoms with Crippen molar-refractivity contribution in [2.45, 2.75) is 45.1 Å². The maximum Gasteiger partial charge on any atom is 0.326 e. The number of nitrogens with one attached hydrogen (secondary N) is 1. The van der Waals surface area contributed by atoms with E-state index in [1.165, 1.54) is 12.2 Å². The highest BCUT2D eigenvalue weighted by atomic mass is 16.4. The molecule has 2 aliphatic heterocycles. The third-order valence-electron chi connectivity index (χ3n) is 3.15. The van der Waals surface area contributed by atoms with Crippen molar-refractivity contribution < 1.29 is 29.1 Å². The molecule has 0 spiro atoms. The van der Waals surface area contributed by atoms with Gasteiger partial charge in [0.1, 0.15) is 6.04 Å². The molecule has 8 nitrogen and oxygen atoms in total. The van der Waals surface area contributed by atoms with Crippen molar-refractivity contribution in [2.75, 3.05) is 0 Å². The van der Waals surface area contributed by atoms with Gasteiger partial charge in [0.05, 0.1) is 0 Å². The topological polar surface area (TPSA) is 121 Å². The lowest BCUT2D eigenvalue weighted by atomic mass is 10.1.